The number of carbonyl (C=O) groups excluding carboxylic acids is 1. The lowest BCUT2D eigenvalue weighted by molar-refractivity contribution is 0.0998. The number of carbonyl (C=O) groups is 1. The molecule has 13 heavy (non-hydrogen) atoms. The number of aromatic nitrogens is 1. The number of halogens is 1. The smallest absolute Gasteiger partial charge is 0.269 e. The maximum atomic E-state index is 13.2. The minimum absolute atomic E-state index is 0.0121. The molecular formula is C8H5FN2OS. The van der Waals surface area contributed by atoms with Gasteiger partial charge >= 0.3 is 0 Å². The first kappa shape index (κ1) is 8.12. The normalized spacial score (nSPS) is 10.5. The third kappa shape index (κ3) is 1.17. The van der Waals surface area contributed by atoms with Crippen molar-refractivity contribution in [1.29, 1.82) is 0 Å². The van der Waals surface area contributed by atoms with Gasteiger partial charge in [-0.25, -0.2) is 4.39 Å². The maximum Gasteiger partial charge on any atom is 0.269 e. The number of hydrogen-bond donors (Lipinski definition) is 1. The second kappa shape index (κ2) is 2.77. The van der Waals surface area contributed by atoms with Crippen molar-refractivity contribution in [2.45, 2.75) is 0 Å². The third-order valence-corrected chi connectivity index (χ3v) is 2.49. The lowest BCUT2D eigenvalue weighted by Crippen LogP contribution is -2.11. The molecule has 0 fully saturated rings. The largest absolute Gasteiger partial charge is 0.364 e. The number of nitrogens with zero attached hydrogens (tertiary/aromatic N) is 1. The van der Waals surface area contributed by atoms with Gasteiger partial charge in [-0.05, 0) is 23.7 Å². The van der Waals surface area contributed by atoms with Crippen molar-refractivity contribution < 1.29 is 9.18 Å². The fraction of sp³-hybridized carbons (Fsp3) is 0. The van der Waals surface area contributed by atoms with Crippen molar-refractivity contribution in [3.8, 4) is 0 Å². The monoisotopic (exact) mass is 196 g/mol. The Balaban J connectivity index is 2.86. The highest BCUT2D eigenvalue weighted by atomic mass is 32.1. The van der Waals surface area contributed by atoms with Crippen LogP contribution in [-0.4, -0.2) is 10.3 Å². The summed E-state index contributed by atoms with van der Waals surface area (Å²) in [6.07, 6.45) is 0. The minimum atomic E-state index is -0.698. The van der Waals surface area contributed by atoms with Crippen LogP contribution in [0.15, 0.2) is 18.2 Å². The first-order valence-electron chi connectivity index (χ1n) is 3.54. The summed E-state index contributed by atoms with van der Waals surface area (Å²) < 4.78 is 17.6. The fourth-order valence-corrected chi connectivity index (χ4v) is 1.91. The van der Waals surface area contributed by atoms with E-state index in [2.05, 4.69) is 4.37 Å². The quantitative estimate of drug-likeness (QED) is 0.752. The molecule has 1 aromatic heterocycles. The van der Waals surface area contributed by atoms with Crippen LogP contribution >= 0.6 is 11.5 Å². The van der Waals surface area contributed by atoms with Gasteiger partial charge in [0.05, 0.1) is 10.1 Å². The van der Waals surface area contributed by atoms with E-state index in [1.54, 1.807) is 12.1 Å². The van der Waals surface area contributed by atoms with Gasteiger partial charge in [-0.1, -0.05) is 6.07 Å². The molecule has 0 bridgehead atoms. The van der Waals surface area contributed by atoms with Gasteiger partial charge in [0.2, 0.25) is 0 Å². The summed E-state index contributed by atoms with van der Waals surface area (Å²) in [5.74, 6) is -1.16. The summed E-state index contributed by atoms with van der Waals surface area (Å²) in [5.41, 5.74) is 5.04. The Kier molecular flexibility index (Phi) is 1.73. The zero-order valence-corrected chi connectivity index (χ0v) is 7.27. The molecule has 0 atom stereocenters. The molecule has 2 aromatic rings. The van der Waals surface area contributed by atoms with Crippen LogP contribution < -0.4 is 5.73 Å². The van der Waals surface area contributed by atoms with E-state index in [1.165, 1.54) is 6.07 Å². The molecule has 1 amide bonds. The highest BCUT2D eigenvalue weighted by Gasteiger charge is 2.14. The number of fused-ring (bicyclic) bond motifs is 1. The van der Waals surface area contributed by atoms with Crippen molar-refractivity contribution in [1.82, 2.24) is 4.37 Å². The number of amides is 1. The lowest BCUT2D eigenvalue weighted by atomic mass is 10.2. The topological polar surface area (TPSA) is 56.0 Å². The van der Waals surface area contributed by atoms with E-state index in [9.17, 15) is 9.18 Å². The second-order valence-corrected chi connectivity index (χ2v) is 3.31. The number of primary amides is 1. The van der Waals surface area contributed by atoms with Crippen molar-refractivity contribution >= 4 is 27.5 Å². The molecule has 3 nitrogen and oxygen atoms in total. The van der Waals surface area contributed by atoms with Crippen molar-refractivity contribution in [2.75, 3.05) is 0 Å². The molecule has 66 valence electrons. The maximum absolute atomic E-state index is 13.2. The van der Waals surface area contributed by atoms with Gasteiger partial charge in [0.25, 0.3) is 5.91 Å². The van der Waals surface area contributed by atoms with Crippen LogP contribution in [0.25, 0.3) is 10.1 Å². The van der Waals surface area contributed by atoms with E-state index in [-0.39, 0.29) is 11.1 Å². The van der Waals surface area contributed by atoms with Crippen LogP contribution in [0.2, 0.25) is 0 Å². The van der Waals surface area contributed by atoms with E-state index >= 15 is 0 Å². The molecule has 0 aliphatic heterocycles. The average molecular weight is 196 g/mol. The summed E-state index contributed by atoms with van der Waals surface area (Å²) in [6, 6.07) is 4.55. The molecule has 2 rings (SSSR count). The summed E-state index contributed by atoms with van der Waals surface area (Å²) in [5, 5.41) is 0.222. The van der Waals surface area contributed by atoms with Crippen LogP contribution in [0, 0.1) is 5.82 Å². The highest BCUT2D eigenvalue weighted by molar-refractivity contribution is 7.13. The van der Waals surface area contributed by atoms with E-state index in [1.807, 2.05) is 0 Å². The van der Waals surface area contributed by atoms with Crippen LogP contribution in [0.3, 0.4) is 0 Å². The van der Waals surface area contributed by atoms with E-state index < -0.39 is 11.7 Å². The Morgan fingerprint density at radius 3 is 3.00 bits per heavy atom. The van der Waals surface area contributed by atoms with Gasteiger partial charge in [0, 0.05) is 0 Å². The molecule has 1 aromatic carbocycles. The van der Waals surface area contributed by atoms with Crippen LogP contribution in [0.1, 0.15) is 10.5 Å². The van der Waals surface area contributed by atoms with Gasteiger partial charge in [-0.3, -0.25) is 4.79 Å². The van der Waals surface area contributed by atoms with Crippen LogP contribution in [-0.2, 0) is 0 Å². The number of rotatable bonds is 1. The Morgan fingerprint density at radius 1 is 1.54 bits per heavy atom. The molecule has 5 heteroatoms. The zero-order valence-electron chi connectivity index (χ0n) is 6.45. The van der Waals surface area contributed by atoms with Gasteiger partial charge < -0.3 is 5.73 Å². The molecule has 0 saturated heterocycles. The zero-order chi connectivity index (χ0) is 9.42. The van der Waals surface area contributed by atoms with Crippen molar-refractivity contribution in [3.63, 3.8) is 0 Å². The first-order valence-corrected chi connectivity index (χ1v) is 4.31. The lowest BCUT2D eigenvalue weighted by Gasteiger charge is -1.92. The molecular weight excluding hydrogens is 191 g/mol. The van der Waals surface area contributed by atoms with Crippen LogP contribution in [0.5, 0.6) is 0 Å². The molecule has 0 radical (unpaired) electrons. The van der Waals surface area contributed by atoms with Gasteiger partial charge in [0.15, 0.2) is 5.69 Å². The predicted octanol–water partition coefficient (Wildman–Crippen LogP) is 1.53. The van der Waals surface area contributed by atoms with Crippen LogP contribution in [0.4, 0.5) is 4.39 Å². The Morgan fingerprint density at radius 2 is 2.31 bits per heavy atom. The molecule has 1 heterocycles. The molecule has 2 N–H and O–H groups in total. The summed E-state index contributed by atoms with van der Waals surface area (Å²) in [7, 11) is 0. The Bertz CT molecular complexity index is 480. The number of hydrogen-bond acceptors (Lipinski definition) is 3. The average Bonchev–Trinajstić information content (AvgIpc) is 2.49. The van der Waals surface area contributed by atoms with Gasteiger partial charge in [-0.2, -0.15) is 4.37 Å². The predicted molar refractivity (Wildman–Crippen MR) is 48.1 cm³/mol. The molecule has 0 saturated carbocycles. The SMILES string of the molecule is NC(=O)c1nsc2cccc(F)c12. The van der Waals surface area contributed by atoms with Crippen molar-refractivity contribution in [3.05, 3.63) is 29.7 Å². The molecule has 0 unspecified atom stereocenters. The van der Waals surface area contributed by atoms with Gasteiger partial charge in [0.1, 0.15) is 5.82 Å². The third-order valence-electron chi connectivity index (χ3n) is 1.68. The standard InChI is InChI=1S/C8H5FN2OS/c9-4-2-1-3-5-6(4)7(8(10)12)11-13-5/h1-3H,(H2,10,12). The van der Waals surface area contributed by atoms with E-state index in [0.717, 1.165) is 11.5 Å². The van der Waals surface area contributed by atoms with E-state index in [4.69, 9.17) is 5.73 Å². The number of benzene rings is 1. The summed E-state index contributed by atoms with van der Waals surface area (Å²) >= 11 is 1.07. The fourth-order valence-electron chi connectivity index (χ4n) is 1.12. The summed E-state index contributed by atoms with van der Waals surface area (Å²) in [4.78, 5) is 10.8. The highest BCUT2D eigenvalue weighted by Crippen LogP contribution is 2.24. The second-order valence-electron chi connectivity index (χ2n) is 2.51. The molecule has 0 aliphatic rings. The molecule has 0 spiro atoms. The Hall–Kier alpha value is -1.49. The summed E-state index contributed by atoms with van der Waals surface area (Å²) in [6.45, 7) is 0. The Labute approximate surface area is 77.1 Å². The van der Waals surface area contributed by atoms with E-state index in [0.29, 0.717) is 4.70 Å². The number of nitrogens with two attached hydrogens (primary N) is 1. The first-order chi connectivity index (χ1) is 6.20. The molecule has 0 aliphatic carbocycles. The minimum Gasteiger partial charge on any atom is -0.364 e. The van der Waals surface area contributed by atoms with Crippen molar-refractivity contribution in [2.24, 2.45) is 5.73 Å². The van der Waals surface area contributed by atoms with Gasteiger partial charge in [-0.15, -0.1) is 0 Å².